The zero-order valence-corrected chi connectivity index (χ0v) is 7.73. The predicted molar refractivity (Wildman–Crippen MR) is 51.6 cm³/mol. The van der Waals surface area contributed by atoms with Crippen LogP contribution in [0.25, 0.3) is 0 Å². The van der Waals surface area contributed by atoms with Crippen LogP contribution in [0.15, 0.2) is 30.3 Å². The Morgan fingerprint density at radius 2 is 2.00 bits per heavy atom. The summed E-state index contributed by atoms with van der Waals surface area (Å²) in [6, 6.07) is 9.95. The lowest BCUT2D eigenvalue weighted by Crippen LogP contribution is -2.10. The fraction of sp³-hybridized carbons (Fsp3) is 0.364. The molecule has 1 aromatic rings. The number of aryl methyl sites for hydroxylation is 1. The van der Waals surface area contributed by atoms with Crippen molar-refractivity contribution in [1.29, 1.82) is 0 Å². The molecule has 13 heavy (non-hydrogen) atoms. The molecule has 0 saturated heterocycles. The summed E-state index contributed by atoms with van der Waals surface area (Å²) in [7, 11) is 0. The summed E-state index contributed by atoms with van der Waals surface area (Å²) in [5.74, 6) is -0.962. The average molecular weight is 178 g/mol. The van der Waals surface area contributed by atoms with Gasteiger partial charge in [-0.1, -0.05) is 37.3 Å². The fourth-order valence-corrected chi connectivity index (χ4v) is 1.15. The van der Waals surface area contributed by atoms with E-state index < -0.39 is 5.97 Å². The molecule has 1 aromatic carbocycles. The minimum Gasteiger partial charge on any atom is -0.481 e. The van der Waals surface area contributed by atoms with Crippen molar-refractivity contribution in [3.05, 3.63) is 35.9 Å². The molecule has 0 heterocycles. The van der Waals surface area contributed by atoms with E-state index in [0.717, 1.165) is 6.42 Å². The summed E-state index contributed by atoms with van der Waals surface area (Å²) in [5.41, 5.74) is 1.20. The molecule has 0 unspecified atom stereocenters. The topological polar surface area (TPSA) is 37.3 Å². The molecule has 0 spiro atoms. The Hall–Kier alpha value is -1.31. The molecule has 0 radical (unpaired) electrons. The minimum absolute atomic E-state index is 0.250. The van der Waals surface area contributed by atoms with Gasteiger partial charge >= 0.3 is 5.97 Å². The van der Waals surface area contributed by atoms with Gasteiger partial charge in [0.2, 0.25) is 0 Å². The second-order valence-electron chi connectivity index (χ2n) is 3.26. The van der Waals surface area contributed by atoms with Crippen LogP contribution in [0, 0.1) is 5.92 Å². The quantitative estimate of drug-likeness (QED) is 0.768. The normalized spacial score (nSPS) is 12.4. The van der Waals surface area contributed by atoms with E-state index in [2.05, 4.69) is 0 Å². The van der Waals surface area contributed by atoms with Gasteiger partial charge in [-0.15, -0.1) is 0 Å². The number of hydrogen-bond acceptors (Lipinski definition) is 1. The first-order chi connectivity index (χ1) is 6.20. The summed E-state index contributed by atoms with van der Waals surface area (Å²) < 4.78 is 0. The van der Waals surface area contributed by atoms with Crippen LogP contribution in [0.4, 0.5) is 0 Å². The maximum Gasteiger partial charge on any atom is 0.306 e. The van der Waals surface area contributed by atoms with Crippen LogP contribution in [0.1, 0.15) is 18.9 Å². The lowest BCUT2D eigenvalue weighted by atomic mass is 10.0. The standard InChI is InChI=1S/C11H14O2/c1-9(11(12)13)7-8-10-5-3-2-4-6-10/h2-6,9H,7-8H2,1H3,(H,12,13)/t9-/m1/s1. The third-order valence-electron chi connectivity index (χ3n) is 2.13. The zero-order valence-electron chi connectivity index (χ0n) is 7.73. The molecule has 0 aromatic heterocycles. The van der Waals surface area contributed by atoms with Crippen molar-refractivity contribution in [3.8, 4) is 0 Å². The monoisotopic (exact) mass is 178 g/mol. The molecule has 2 nitrogen and oxygen atoms in total. The van der Waals surface area contributed by atoms with Crippen molar-refractivity contribution < 1.29 is 9.90 Å². The number of carbonyl (C=O) groups is 1. The highest BCUT2D eigenvalue weighted by molar-refractivity contribution is 5.69. The Labute approximate surface area is 78.2 Å². The van der Waals surface area contributed by atoms with Gasteiger partial charge in [0.15, 0.2) is 0 Å². The minimum atomic E-state index is -0.712. The van der Waals surface area contributed by atoms with Crippen molar-refractivity contribution in [1.82, 2.24) is 0 Å². The van der Waals surface area contributed by atoms with E-state index in [9.17, 15) is 4.79 Å². The van der Waals surface area contributed by atoms with E-state index in [1.807, 2.05) is 30.3 Å². The lowest BCUT2D eigenvalue weighted by molar-refractivity contribution is -0.141. The molecule has 0 amide bonds. The van der Waals surface area contributed by atoms with Gasteiger partial charge in [-0.25, -0.2) is 0 Å². The first-order valence-corrected chi connectivity index (χ1v) is 4.47. The number of carboxylic acid groups (broad SMARTS) is 1. The van der Waals surface area contributed by atoms with E-state index in [0.29, 0.717) is 6.42 Å². The Balaban J connectivity index is 2.39. The molecule has 0 aliphatic carbocycles. The van der Waals surface area contributed by atoms with E-state index in [1.54, 1.807) is 6.92 Å². The van der Waals surface area contributed by atoms with Gasteiger partial charge in [0.1, 0.15) is 0 Å². The lowest BCUT2D eigenvalue weighted by Gasteiger charge is -2.05. The van der Waals surface area contributed by atoms with E-state index in [4.69, 9.17) is 5.11 Å². The smallest absolute Gasteiger partial charge is 0.306 e. The third kappa shape index (κ3) is 3.28. The molecule has 0 aliphatic heterocycles. The van der Waals surface area contributed by atoms with Crippen LogP contribution in [-0.2, 0) is 11.2 Å². The molecule has 0 fully saturated rings. The van der Waals surface area contributed by atoms with Crippen LogP contribution >= 0.6 is 0 Å². The van der Waals surface area contributed by atoms with Crippen molar-refractivity contribution in [2.45, 2.75) is 19.8 Å². The Bertz CT molecular complexity index is 267. The number of carboxylic acids is 1. The largest absolute Gasteiger partial charge is 0.481 e. The summed E-state index contributed by atoms with van der Waals surface area (Å²) in [5, 5.41) is 8.66. The van der Waals surface area contributed by atoms with Gasteiger partial charge in [-0.2, -0.15) is 0 Å². The van der Waals surface area contributed by atoms with Crippen LogP contribution < -0.4 is 0 Å². The maximum atomic E-state index is 10.5. The zero-order chi connectivity index (χ0) is 9.68. The van der Waals surface area contributed by atoms with Crippen LogP contribution in [0.2, 0.25) is 0 Å². The van der Waals surface area contributed by atoms with Gasteiger partial charge < -0.3 is 5.11 Å². The van der Waals surface area contributed by atoms with Gasteiger partial charge in [0, 0.05) is 0 Å². The number of hydrogen-bond donors (Lipinski definition) is 1. The van der Waals surface area contributed by atoms with Gasteiger partial charge in [0.05, 0.1) is 5.92 Å². The number of aliphatic carboxylic acids is 1. The van der Waals surface area contributed by atoms with Crippen LogP contribution in [0.3, 0.4) is 0 Å². The first kappa shape index (κ1) is 9.78. The highest BCUT2D eigenvalue weighted by atomic mass is 16.4. The highest BCUT2D eigenvalue weighted by Gasteiger charge is 2.09. The molecule has 2 heteroatoms. The molecular weight excluding hydrogens is 164 g/mol. The SMILES string of the molecule is C[C@H](CCc1ccccc1)C(=O)O. The molecule has 1 N–H and O–H groups in total. The second-order valence-corrected chi connectivity index (χ2v) is 3.26. The summed E-state index contributed by atoms with van der Waals surface area (Å²) in [6.45, 7) is 1.74. The fourth-order valence-electron chi connectivity index (χ4n) is 1.15. The van der Waals surface area contributed by atoms with Crippen molar-refractivity contribution in [2.24, 2.45) is 5.92 Å². The van der Waals surface area contributed by atoms with Gasteiger partial charge in [0.25, 0.3) is 0 Å². The first-order valence-electron chi connectivity index (χ1n) is 4.47. The molecule has 1 rings (SSSR count). The second kappa shape index (κ2) is 4.65. The summed E-state index contributed by atoms with van der Waals surface area (Å²) >= 11 is 0. The van der Waals surface area contributed by atoms with Gasteiger partial charge in [-0.05, 0) is 18.4 Å². The maximum absolute atomic E-state index is 10.5. The average Bonchev–Trinajstić information content (AvgIpc) is 2.15. The molecule has 0 saturated carbocycles. The molecule has 70 valence electrons. The molecule has 1 atom stereocenters. The van der Waals surface area contributed by atoms with Crippen molar-refractivity contribution in [2.75, 3.05) is 0 Å². The molecule has 0 aliphatic rings. The number of rotatable bonds is 4. The van der Waals surface area contributed by atoms with Crippen molar-refractivity contribution in [3.63, 3.8) is 0 Å². The Morgan fingerprint density at radius 3 is 2.54 bits per heavy atom. The van der Waals surface area contributed by atoms with Crippen LogP contribution in [-0.4, -0.2) is 11.1 Å². The predicted octanol–water partition coefficient (Wildman–Crippen LogP) is 2.34. The van der Waals surface area contributed by atoms with Gasteiger partial charge in [-0.3, -0.25) is 4.79 Å². The highest BCUT2D eigenvalue weighted by Crippen LogP contribution is 2.09. The van der Waals surface area contributed by atoms with E-state index in [-0.39, 0.29) is 5.92 Å². The molecule has 0 bridgehead atoms. The van der Waals surface area contributed by atoms with E-state index >= 15 is 0 Å². The Kier molecular flexibility index (Phi) is 3.50. The summed E-state index contributed by atoms with van der Waals surface area (Å²) in [4.78, 5) is 10.5. The Morgan fingerprint density at radius 1 is 1.38 bits per heavy atom. The molecular formula is C11H14O2. The number of benzene rings is 1. The third-order valence-corrected chi connectivity index (χ3v) is 2.13. The van der Waals surface area contributed by atoms with Crippen LogP contribution in [0.5, 0.6) is 0 Å². The summed E-state index contributed by atoms with van der Waals surface area (Å²) in [6.07, 6.45) is 1.55. The van der Waals surface area contributed by atoms with E-state index in [1.165, 1.54) is 5.56 Å². The van der Waals surface area contributed by atoms with Crippen molar-refractivity contribution >= 4 is 5.97 Å².